The van der Waals surface area contributed by atoms with Gasteiger partial charge in [0, 0.05) is 24.8 Å². The van der Waals surface area contributed by atoms with Crippen molar-refractivity contribution in [3.63, 3.8) is 0 Å². The number of ether oxygens (including phenoxy) is 1. The van der Waals surface area contributed by atoms with Gasteiger partial charge in [-0.3, -0.25) is 0 Å². The molecule has 0 bridgehead atoms. The molecular formula is C20H32N2O2. The standard InChI is InChI=1S/C20H32N2O2/c1-6-22(19(23)24-20(3,4)5)14-16-10-8-11-17(13-16)21-18-12-7-9-15(18)2/h8,10-11,13,15,18,21H,6-7,9,12,14H2,1-5H3. The van der Waals surface area contributed by atoms with Crippen molar-refractivity contribution >= 4 is 11.8 Å². The van der Waals surface area contributed by atoms with Crippen LogP contribution in [0.4, 0.5) is 10.5 Å². The molecule has 1 N–H and O–H groups in total. The fourth-order valence-electron chi connectivity index (χ4n) is 3.19. The molecule has 134 valence electrons. The van der Waals surface area contributed by atoms with E-state index in [2.05, 4.69) is 36.5 Å². The van der Waals surface area contributed by atoms with Crippen molar-refractivity contribution in [2.24, 2.45) is 5.92 Å². The second-order valence-corrected chi connectivity index (χ2v) is 7.85. The van der Waals surface area contributed by atoms with E-state index in [9.17, 15) is 4.79 Å². The van der Waals surface area contributed by atoms with Crippen molar-refractivity contribution in [2.75, 3.05) is 11.9 Å². The Balaban J connectivity index is 2.00. The van der Waals surface area contributed by atoms with Crippen LogP contribution in [0, 0.1) is 5.92 Å². The number of nitrogens with zero attached hydrogens (tertiary/aromatic N) is 1. The number of anilines is 1. The van der Waals surface area contributed by atoms with E-state index in [1.165, 1.54) is 19.3 Å². The number of hydrogen-bond acceptors (Lipinski definition) is 3. The first-order chi connectivity index (χ1) is 11.3. The van der Waals surface area contributed by atoms with Crippen LogP contribution in [0.15, 0.2) is 24.3 Å². The zero-order chi connectivity index (χ0) is 17.7. The van der Waals surface area contributed by atoms with Gasteiger partial charge >= 0.3 is 6.09 Å². The number of rotatable bonds is 5. The van der Waals surface area contributed by atoms with Crippen LogP contribution < -0.4 is 5.32 Å². The Morgan fingerprint density at radius 3 is 2.67 bits per heavy atom. The fraction of sp³-hybridized carbons (Fsp3) is 0.650. The molecular weight excluding hydrogens is 300 g/mol. The maximum Gasteiger partial charge on any atom is 0.410 e. The molecule has 1 fully saturated rings. The van der Waals surface area contributed by atoms with Crippen LogP contribution >= 0.6 is 0 Å². The van der Waals surface area contributed by atoms with Crippen LogP contribution in [-0.4, -0.2) is 29.2 Å². The highest BCUT2D eigenvalue weighted by Gasteiger charge is 2.23. The lowest BCUT2D eigenvalue weighted by molar-refractivity contribution is 0.0244. The van der Waals surface area contributed by atoms with Gasteiger partial charge in [-0.05, 0) is 64.2 Å². The van der Waals surface area contributed by atoms with Crippen LogP contribution in [0.25, 0.3) is 0 Å². The highest BCUT2D eigenvalue weighted by molar-refractivity contribution is 5.68. The monoisotopic (exact) mass is 332 g/mol. The molecule has 2 unspecified atom stereocenters. The van der Waals surface area contributed by atoms with E-state index in [0.29, 0.717) is 19.1 Å². The lowest BCUT2D eigenvalue weighted by Gasteiger charge is -2.27. The van der Waals surface area contributed by atoms with Gasteiger partial charge in [0.25, 0.3) is 0 Å². The van der Waals surface area contributed by atoms with Crippen molar-refractivity contribution in [1.82, 2.24) is 4.90 Å². The summed E-state index contributed by atoms with van der Waals surface area (Å²) >= 11 is 0. The number of benzene rings is 1. The zero-order valence-electron chi connectivity index (χ0n) is 15.8. The number of carbonyl (C=O) groups is 1. The molecule has 1 aromatic rings. The molecule has 0 heterocycles. The summed E-state index contributed by atoms with van der Waals surface area (Å²) in [5, 5.41) is 3.66. The third kappa shape index (κ3) is 5.43. The normalized spacial score (nSPS) is 20.7. The predicted octanol–water partition coefficient (Wildman–Crippen LogP) is 5.04. The fourth-order valence-corrected chi connectivity index (χ4v) is 3.19. The Labute approximate surface area is 146 Å². The average molecular weight is 332 g/mol. The minimum Gasteiger partial charge on any atom is -0.444 e. The summed E-state index contributed by atoms with van der Waals surface area (Å²) in [7, 11) is 0. The minimum absolute atomic E-state index is 0.257. The van der Waals surface area contributed by atoms with Crippen LogP contribution in [0.1, 0.15) is 59.4 Å². The molecule has 0 aromatic heterocycles. The smallest absolute Gasteiger partial charge is 0.410 e. The summed E-state index contributed by atoms with van der Waals surface area (Å²) in [4.78, 5) is 14.0. The SMILES string of the molecule is CCN(Cc1cccc(NC2CCCC2C)c1)C(=O)OC(C)(C)C. The number of hydrogen-bond donors (Lipinski definition) is 1. The number of nitrogens with one attached hydrogen (secondary N) is 1. The van der Waals surface area contributed by atoms with E-state index < -0.39 is 5.60 Å². The first-order valence-corrected chi connectivity index (χ1v) is 9.12. The van der Waals surface area contributed by atoms with Gasteiger partial charge in [0.2, 0.25) is 0 Å². The van der Waals surface area contributed by atoms with E-state index in [1.807, 2.05) is 27.7 Å². The lowest BCUT2D eigenvalue weighted by Crippen LogP contribution is -2.36. The molecule has 0 spiro atoms. The van der Waals surface area contributed by atoms with Crippen molar-refractivity contribution in [3.05, 3.63) is 29.8 Å². The molecule has 2 atom stereocenters. The summed E-state index contributed by atoms with van der Waals surface area (Å²) in [5.74, 6) is 0.725. The Hall–Kier alpha value is -1.71. The van der Waals surface area contributed by atoms with Crippen LogP contribution in [0.3, 0.4) is 0 Å². The molecule has 1 aromatic carbocycles. The van der Waals surface area contributed by atoms with Crippen LogP contribution in [0.2, 0.25) is 0 Å². The van der Waals surface area contributed by atoms with Gasteiger partial charge in [-0.15, -0.1) is 0 Å². The van der Waals surface area contributed by atoms with E-state index in [4.69, 9.17) is 4.74 Å². The van der Waals surface area contributed by atoms with Gasteiger partial charge < -0.3 is 15.0 Å². The quantitative estimate of drug-likeness (QED) is 0.821. The first kappa shape index (κ1) is 18.6. The van der Waals surface area contributed by atoms with Crippen LogP contribution in [-0.2, 0) is 11.3 Å². The predicted molar refractivity (Wildman–Crippen MR) is 99.2 cm³/mol. The summed E-state index contributed by atoms with van der Waals surface area (Å²) in [5.41, 5.74) is 1.80. The van der Waals surface area contributed by atoms with Gasteiger partial charge in [0.1, 0.15) is 5.60 Å². The van der Waals surface area contributed by atoms with E-state index >= 15 is 0 Å². The highest BCUT2D eigenvalue weighted by Crippen LogP contribution is 2.28. The van der Waals surface area contributed by atoms with Crippen molar-refractivity contribution < 1.29 is 9.53 Å². The Morgan fingerprint density at radius 2 is 2.08 bits per heavy atom. The summed E-state index contributed by atoms with van der Waals surface area (Å²) in [6.45, 7) is 11.2. The molecule has 1 saturated carbocycles. The van der Waals surface area contributed by atoms with Gasteiger partial charge in [-0.1, -0.05) is 25.5 Å². The van der Waals surface area contributed by atoms with Crippen molar-refractivity contribution in [3.8, 4) is 0 Å². The van der Waals surface area contributed by atoms with Crippen molar-refractivity contribution in [2.45, 2.75) is 72.1 Å². The molecule has 4 nitrogen and oxygen atoms in total. The Kier molecular flexibility index (Phi) is 6.14. The minimum atomic E-state index is -0.466. The molecule has 1 aliphatic rings. The molecule has 24 heavy (non-hydrogen) atoms. The summed E-state index contributed by atoms with van der Waals surface area (Å²) in [6, 6.07) is 8.95. The van der Waals surface area contributed by atoms with Gasteiger partial charge in [-0.25, -0.2) is 4.79 Å². The highest BCUT2D eigenvalue weighted by atomic mass is 16.6. The average Bonchev–Trinajstić information content (AvgIpc) is 2.88. The van der Waals surface area contributed by atoms with Crippen molar-refractivity contribution in [1.29, 1.82) is 0 Å². The van der Waals surface area contributed by atoms with Gasteiger partial charge in [0.05, 0.1) is 0 Å². The Bertz CT molecular complexity index is 551. The molecule has 4 heteroatoms. The second-order valence-electron chi connectivity index (χ2n) is 7.85. The van der Waals surface area contributed by atoms with E-state index in [-0.39, 0.29) is 6.09 Å². The molecule has 0 saturated heterocycles. The van der Waals surface area contributed by atoms with Gasteiger partial charge in [0.15, 0.2) is 0 Å². The van der Waals surface area contributed by atoms with E-state index in [1.54, 1.807) is 4.90 Å². The summed E-state index contributed by atoms with van der Waals surface area (Å²) < 4.78 is 5.49. The largest absolute Gasteiger partial charge is 0.444 e. The molecule has 1 aliphatic carbocycles. The van der Waals surface area contributed by atoms with Gasteiger partial charge in [-0.2, -0.15) is 0 Å². The lowest BCUT2D eigenvalue weighted by atomic mass is 10.1. The number of amides is 1. The molecule has 2 rings (SSSR count). The first-order valence-electron chi connectivity index (χ1n) is 9.12. The molecule has 0 radical (unpaired) electrons. The Morgan fingerprint density at radius 1 is 1.33 bits per heavy atom. The summed E-state index contributed by atoms with van der Waals surface area (Å²) in [6.07, 6.45) is 3.60. The van der Waals surface area contributed by atoms with Crippen LogP contribution in [0.5, 0.6) is 0 Å². The maximum absolute atomic E-state index is 12.3. The molecule has 0 aliphatic heterocycles. The maximum atomic E-state index is 12.3. The third-order valence-electron chi connectivity index (χ3n) is 4.55. The topological polar surface area (TPSA) is 41.6 Å². The number of carbonyl (C=O) groups excluding carboxylic acids is 1. The second kappa shape index (κ2) is 7.91. The zero-order valence-corrected chi connectivity index (χ0v) is 15.8. The third-order valence-corrected chi connectivity index (χ3v) is 4.55. The van der Waals surface area contributed by atoms with E-state index in [0.717, 1.165) is 17.2 Å². The molecule has 1 amide bonds.